The summed E-state index contributed by atoms with van der Waals surface area (Å²) >= 11 is 0. The summed E-state index contributed by atoms with van der Waals surface area (Å²) in [6.07, 6.45) is 0.664. The second-order valence-corrected chi connectivity index (χ2v) is 4.30. The van der Waals surface area contributed by atoms with Crippen molar-refractivity contribution in [1.29, 1.82) is 0 Å². The zero-order valence-corrected chi connectivity index (χ0v) is 10.1. The summed E-state index contributed by atoms with van der Waals surface area (Å²) in [5.74, 6) is -1.87. The number of carboxylic acids is 1. The van der Waals surface area contributed by atoms with Crippen LogP contribution in [-0.4, -0.2) is 33.8 Å². The minimum absolute atomic E-state index is 0.0147. The molecule has 0 unspecified atom stereocenters. The summed E-state index contributed by atoms with van der Waals surface area (Å²) in [5.41, 5.74) is 0.478. The number of fused-ring (bicyclic) bond motifs is 1. The van der Waals surface area contributed by atoms with Crippen LogP contribution in [0.25, 0.3) is 0 Å². The van der Waals surface area contributed by atoms with Crippen LogP contribution in [0.4, 0.5) is 0 Å². The van der Waals surface area contributed by atoms with E-state index in [2.05, 4.69) is 0 Å². The SMILES string of the molecule is CC[C@H](C)N1C(=O)c2ccc(C(=O)O)cc2C1=O. The van der Waals surface area contributed by atoms with E-state index in [0.717, 1.165) is 0 Å². The van der Waals surface area contributed by atoms with Crippen molar-refractivity contribution >= 4 is 17.8 Å². The highest BCUT2D eigenvalue weighted by Gasteiger charge is 2.38. The van der Waals surface area contributed by atoms with Gasteiger partial charge in [0, 0.05) is 6.04 Å². The van der Waals surface area contributed by atoms with Crippen LogP contribution in [0.1, 0.15) is 51.3 Å². The van der Waals surface area contributed by atoms with Crippen LogP contribution >= 0.6 is 0 Å². The van der Waals surface area contributed by atoms with Gasteiger partial charge < -0.3 is 5.11 Å². The van der Waals surface area contributed by atoms with Crippen LogP contribution in [0.15, 0.2) is 18.2 Å². The van der Waals surface area contributed by atoms with Gasteiger partial charge in [-0.25, -0.2) is 4.79 Å². The molecule has 0 spiro atoms. The first-order valence-corrected chi connectivity index (χ1v) is 5.72. The minimum atomic E-state index is -1.11. The zero-order valence-electron chi connectivity index (χ0n) is 10.1. The first-order valence-electron chi connectivity index (χ1n) is 5.72. The van der Waals surface area contributed by atoms with E-state index >= 15 is 0 Å². The molecule has 1 aliphatic heterocycles. The summed E-state index contributed by atoms with van der Waals surface area (Å²) in [4.78, 5) is 36.2. The maximum atomic E-state index is 12.1. The van der Waals surface area contributed by atoms with E-state index in [4.69, 9.17) is 5.11 Å². The Labute approximate surface area is 104 Å². The van der Waals surface area contributed by atoms with E-state index < -0.39 is 11.9 Å². The van der Waals surface area contributed by atoms with Gasteiger partial charge in [-0.05, 0) is 31.5 Å². The van der Waals surface area contributed by atoms with Crippen LogP contribution in [0.3, 0.4) is 0 Å². The molecule has 5 heteroatoms. The van der Waals surface area contributed by atoms with Crippen molar-refractivity contribution in [3.63, 3.8) is 0 Å². The normalized spacial score (nSPS) is 15.8. The molecule has 0 aromatic heterocycles. The fourth-order valence-corrected chi connectivity index (χ4v) is 1.98. The van der Waals surface area contributed by atoms with E-state index in [9.17, 15) is 14.4 Å². The van der Waals surface area contributed by atoms with Crippen LogP contribution in [0.5, 0.6) is 0 Å². The average molecular weight is 247 g/mol. The highest BCUT2D eigenvalue weighted by Crippen LogP contribution is 2.26. The summed E-state index contributed by atoms with van der Waals surface area (Å²) in [6, 6.07) is 3.82. The first kappa shape index (κ1) is 12.3. The third kappa shape index (κ3) is 1.68. The molecular weight excluding hydrogens is 234 g/mol. The standard InChI is InChI=1S/C13H13NO4/c1-3-7(2)14-11(15)9-5-4-8(13(17)18)6-10(9)12(14)16/h4-7H,3H2,1-2H3,(H,17,18)/t7-/m0/s1. The number of nitrogens with zero attached hydrogens (tertiary/aromatic N) is 1. The number of amides is 2. The Balaban J connectivity index is 2.49. The Morgan fingerprint density at radius 1 is 1.28 bits per heavy atom. The van der Waals surface area contributed by atoms with E-state index in [1.165, 1.54) is 23.1 Å². The van der Waals surface area contributed by atoms with Gasteiger partial charge in [-0.2, -0.15) is 0 Å². The van der Waals surface area contributed by atoms with Gasteiger partial charge in [-0.3, -0.25) is 14.5 Å². The van der Waals surface area contributed by atoms with Crippen LogP contribution in [0.2, 0.25) is 0 Å². The zero-order chi connectivity index (χ0) is 13.4. The molecule has 1 heterocycles. The number of hydrogen-bond donors (Lipinski definition) is 1. The molecule has 2 amide bonds. The second-order valence-electron chi connectivity index (χ2n) is 4.30. The number of imide groups is 1. The Morgan fingerprint density at radius 2 is 1.89 bits per heavy atom. The van der Waals surface area contributed by atoms with E-state index in [1.54, 1.807) is 6.92 Å². The molecule has 0 aliphatic carbocycles. The largest absolute Gasteiger partial charge is 0.478 e. The summed E-state index contributed by atoms with van der Waals surface area (Å²) in [7, 11) is 0. The lowest BCUT2D eigenvalue weighted by molar-refractivity contribution is 0.0592. The molecule has 0 radical (unpaired) electrons. The van der Waals surface area contributed by atoms with Gasteiger partial charge in [0.15, 0.2) is 0 Å². The summed E-state index contributed by atoms with van der Waals surface area (Å²) < 4.78 is 0. The van der Waals surface area contributed by atoms with Crippen LogP contribution in [-0.2, 0) is 0 Å². The molecule has 0 fully saturated rings. The highest BCUT2D eigenvalue weighted by molar-refractivity contribution is 6.22. The van der Waals surface area contributed by atoms with Gasteiger partial charge in [0.1, 0.15) is 0 Å². The molecule has 0 saturated carbocycles. The van der Waals surface area contributed by atoms with Crippen molar-refractivity contribution in [2.24, 2.45) is 0 Å². The van der Waals surface area contributed by atoms with Gasteiger partial charge in [-0.1, -0.05) is 6.92 Å². The van der Waals surface area contributed by atoms with E-state index in [-0.39, 0.29) is 28.6 Å². The Bertz CT molecular complexity index is 550. The van der Waals surface area contributed by atoms with Gasteiger partial charge in [0.2, 0.25) is 0 Å². The lowest BCUT2D eigenvalue weighted by Crippen LogP contribution is -2.37. The van der Waals surface area contributed by atoms with Gasteiger partial charge in [-0.15, -0.1) is 0 Å². The Hall–Kier alpha value is -2.17. The first-order chi connectivity index (χ1) is 8.47. The summed E-state index contributed by atoms with van der Waals surface area (Å²) in [6.45, 7) is 3.68. The second kappa shape index (κ2) is 4.25. The van der Waals surface area contributed by atoms with Crippen molar-refractivity contribution in [3.8, 4) is 0 Å². The molecule has 1 atom stereocenters. The van der Waals surface area contributed by atoms with E-state index in [0.29, 0.717) is 6.42 Å². The van der Waals surface area contributed by atoms with Gasteiger partial charge >= 0.3 is 5.97 Å². The van der Waals surface area contributed by atoms with Gasteiger partial charge in [0.25, 0.3) is 11.8 Å². The summed E-state index contributed by atoms with van der Waals surface area (Å²) in [5, 5.41) is 8.88. The van der Waals surface area contributed by atoms with Crippen molar-refractivity contribution in [2.45, 2.75) is 26.3 Å². The monoisotopic (exact) mass is 247 g/mol. The number of carbonyl (C=O) groups excluding carboxylic acids is 2. The average Bonchev–Trinajstić information content (AvgIpc) is 2.61. The van der Waals surface area contributed by atoms with Crippen molar-refractivity contribution in [2.75, 3.05) is 0 Å². The molecule has 1 aromatic carbocycles. The van der Waals surface area contributed by atoms with E-state index in [1.807, 2.05) is 6.92 Å². The quantitative estimate of drug-likeness (QED) is 0.826. The number of carboxylic acid groups (broad SMARTS) is 1. The number of benzene rings is 1. The molecule has 0 saturated heterocycles. The number of carbonyl (C=O) groups is 3. The molecule has 1 aromatic rings. The molecule has 5 nitrogen and oxygen atoms in total. The lowest BCUT2D eigenvalue weighted by atomic mass is 10.1. The van der Waals surface area contributed by atoms with Gasteiger partial charge in [0.05, 0.1) is 16.7 Å². The molecule has 94 valence electrons. The van der Waals surface area contributed by atoms with Crippen LogP contribution < -0.4 is 0 Å². The maximum Gasteiger partial charge on any atom is 0.335 e. The topological polar surface area (TPSA) is 74.7 Å². The van der Waals surface area contributed by atoms with Crippen molar-refractivity contribution < 1.29 is 19.5 Å². The highest BCUT2D eigenvalue weighted by atomic mass is 16.4. The third-order valence-corrected chi connectivity index (χ3v) is 3.20. The molecule has 2 rings (SSSR count). The third-order valence-electron chi connectivity index (χ3n) is 3.20. The molecular formula is C13H13NO4. The Morgan fingerprint density at radius 3 is 2.44 bits per heavy atom. The lowest BCUT2D eigenvalue weighted by Gasteiger charge is -2.20. The molecule has 1 N–H and O–H groups in total. The fraction of sp³-hybridized carbons (Fsp3) is 0.308. The number of aromatic carboxylic acids is 1. The van der Waals surface area contributed by atoms with Crippen molar-refractivity contribution in [3.05, 3.63) is 34.9 Å². The smallest absolute Gasteiger partial charge is 0.335 e. The maximum absolute atomic E-state index is 12.1. The number of hydrogen-bond acceptors (Lipinski definition) is 3. The van der Waals surface area contributed by atoms with Crippen LogP contribution in [0, 0.1) is 0 Å². The molecule has 18 heavy (non-hydrogen) atoms. The molecule has 1 aliphatic rings. The number of rotatable bonds is 3. The predicted octanol–water partition coefficient (Wildman–Crippen LogP) is 1.78. The van der Waals surface area contributed by atoms with Crippen molar-refractivity contribution in [1.82, 2.24) is 4.90 Å². The fourth-order valence-electron chi connectivity index (χ4n) is 1.98. The Kier molecular flexibility index (Phi) is 2.90. The minimum Gasteiger partial charge on any atom is -0.478 e. The predicted molar refractivity (Wildman–Crippen MR) is 63.7 cm³/mol. The molecule has 0 bridgehead atoms.